The molecule has 104 valence electrons. The summed E-state index contributed by atoms with van der Waals surface area (Å²) in [6.45, 7) is 1.60. The quantitative estimate of drug-likeness (QED) is 0.454. The number of rotatable bonds is 5. The first-order valence-corrected chi connectivity index (χ1v) is 5.51. The van der Waals surface area contributed by atoms with E-state index < -0.39 is 4.92 Å². The molecule has 1 aromatic rings. The maximum atomic E-state index is 11.2. The molecule has 0 aliphatic carbocycles. The number of hydrogen-bond acceptors (Lipinski definition) is 6. The summed E-state index contributed by atoms with van der Waals surface area (Å²) in [5.41, 5.74) is 1.26. The van der Waals surface area contributed by atoms with Crippen molar-refractivity contribution in [3.8, 4) is 0 Å². The predicted octanol–water partition coefficient (Wildman–Crippen LogP) is 1.17. The molecule has 0 aliphatic heterocycles. The molecular formula is C11H17N5O3. The normalized spacial score (nSPS) is 11.9. The molecule has 0 saturated carbocycles. The Balaban J connectivity index is 3.46. The van der Waals surface area contributed by atoms with Crippen molar-refractivity contribution in [1.29, 1.82) is 0 Å². The predicted molar refractivity (Wildman–Crippen MR) is 71.8 cm³/mol. The Morgan fingerprint density at radius 1 is 1.58 bits per heavy atom. The van der Waals surface area contributed by atoms with E-state index in [0.29, 0.717) is 17.0 Å². The highest BCUT2D eigenvalue weighted by molar-refractivity contribution is 6.10. The maximum absolute atomic E-state index is 11.2. The van der Waals surface area contributed by atoms with Gasteiger partial charge in [0.15, 0.2) is 0 Å². The maximum Gasteiger partial charge on any atom is 0.317 e. The second-order valence-corrected chi connectivity index (χ2v) is 4.13. The van der Waals surface area contributed by atoms with Gasteiger partial charge in [0, 0.05) is 32.9 Å². The van der Waals surface area contributed by atoms with E-state index in [2.05, 4.69) is 15.1 Å². The number of oxime groups is 1. The van der Waals surface area contributed by atoms with Gasteiger partial charge < -0.3 is 9.74 Å². The van der Waals surface area contributed by atoms with E-state index in [9.17, 15) is 10.1 Å². The van der Waals surface area contributed by atoms with Crippen LogP contribution in [0.5, 0.6) is 0 Å². The molecule has 0 aliphatic rings. The standard InChI is InChI=1S/C11H17N5O3/c1-8-10(16(17)18)11(15(4)13-8)9(6-12-19-5)7-14(2)3/h6-7H,1-5H3/b9-7-,12-6-. The molecule has 0 N–H and O–H groups in total. The first kappa shape index (κ1) is 14.7. The molecule has 0 radical (unpaired) electrons. The van der Waals surface area contributed by atoms with Crippen LogP contribution in [0.25, 0.3) is 5.57 Å². The van der Waals surface area contributed by atoms with Gasteiger partial charge in [0.2, 0.25) is 0 Å². The Hall–Kier alpha value is -2.38. The van der Waals surface area contributed by atoms with Crippen molar-refractivity contribution in [3.05, 3.63) is 27.7 Å². The van der Waals surface area contributed by atoms with Crippen molar-refractivity contribution in [2.45, 2.75) is 6.92 Å². The van der Waals surface area contributed by atoms with Crippen LogP contribution in [-0.4, -0.2) is 47.0 Å². The third kappa shape index (κ3) is 3.30. The number of aromatic nitrogens is 2. The Kier molecular flexibility index (Phi) is 4.62. The van der Waals surface area contributed by atoms with E-state index in [0.717, 1.165) is 0 Å². The molecule has 0 aromatic carbocycles. The van der Waals surface area contributed by atoms with Gasteiger partial charge in [-0.25, -0.2) is 0 Å². The van der Waals surface area contributed by atoms with Crippen LogP contribution < -0.4 is 0 Å². The average Bonchev–Trinajstić information content (AvgIpc) is 2.59. The molecule has 0 saturated heterocycles. The lowest BCUT2D eigenvalue weighted by Gasteiger charge is -2.08. The molecule has 0 amide bonds. The van der Waals surface area contributed by atoms with Gasteiger partial charge >= 0.3 is 5.69 Å². The fraction of sp³-hybridized carbons (Fsp3) is 0.455. The summed E-state index contributed by atoms with van der Waals surface area (Å²) in [6, 6.07) is 0. The highest BCUT2D eigenvalue weighted by Crippen LogP contribution is 2.28. The largest absolute Gasteiger partial charge is 0.399 e. The molecule has 19 heavy (non-hydrogen) atoms. The van der Waals surface area contributed by atoms with Gasteiger partial charge in [-0.1, -0.05) is 5.16 Å². The Morgan fingerprint density at radius 2 is 2.21 bits per heavy atom. The van der Waals surface area contributed by atoms with Crippen molar-refractivity contribution in [3.63, 3.8) is 0 Å². The minimum absolute atomic E-state index is 0.0295. The molecule has 0 fully saturated rings. The van der Waals surface area contributed by atoms with E-state index >= 15 is 0 Å². The van der Waals surface area contributed by atoms with Gasteiger partial charge in [0.05, 0.1) is 11.1 Å². The summed E-state index contributed by atoms with van der Waals surface area (Å²) < 4.78 is 1.46. The summed E-state index contributed by atoms with van der Waals surface area (Å²) in [5.74, 6) is 0. The highest BCUT2D eigenvalue weighted by atomic mass is 16.6. The van der Waals surface area contributed by atoms with Gasteiger partial charge in [0.25, 0.3) is 0 Å². The van der Waals surface area contributed by atoms with Crippen LogP contribution in [0.2, 0.25) is 0 Å². The van der Waals surface area contributed by atoms with Gasteiger partial charge in [-0.2, -0.15) is 5.10 Å². The fourth-order valence-electron chi connectivity index (χ4n) is 1.73. The fourth-order valence-corrected chi connectivity index (χ4v) is 1.73. The molecule has 1 heterocycles. The molecule has 1 aromatic heterocycles. The second-order valence-electron chi connectivity index (χ2n) is 4.13. The topological polar surface area (TPSA) is 85.8 Å². The van der Waals surface area contributed by atoms with Crippen LogP contribution in [0.3, 0.4) is 0 Å². The zero-order chi connectivity index (χ0) is 14.6. The zero-order valence-electron chi connectivity index (χ0n) is 11.6. The lowest BCUT2D eigenvalue weighted by Crippen LogP contribution is -2.07. The zero-order valence-corrected chi connectivity index (χ0v) is 11.6. The van der Waals surface area contributed by atoms with Crippen LogP contribution in [-0.2, 0) is 11.9 Å². The van der Waals surface area contributed by atoms with Crippen LogP contribution in [0.4, 0.5) is 5.69 Å². The van der Waals surface area contributed by atoms with Crippen LogP contribution in [0.15, 0.2) is 11.4 Å². The minimum atomic E-state index is -0.443. The summed E-state index contributed by atoms with van der Waals surface area (Å²) in [5, 5.41) is 18.9. The van der Waals surface area contributed by atoms with E-state index in [4.69, 9.17) is 0 Å². The average molecular weight is 267 g/mol. The number of aryl methyl sites for hydroxylation is 2. The van der Waals surface area contributed by atoms with Gasteiger partial charge in [0.1, 0.15) is 18.5 Å². The van der Waals surface area contributed by atoms with Gasteiger partial charge in [-0.05, 0) is 6.92 Å². The lowest BCUT2D eigenvalue weighted by atomic mass is 10.1. The van der Waals surface area contributed by atoms with Crippen molar-refractivity contribution in [1.82, 2.24) is 14.7 Å². The van der Waals surface area contributed by atoms with E-state index in [1.54, 1.807) is 25.1 Å². The molecule has 8 heteroatoms. The number of nitrogens with zero attached hydrogens (tertiary/aromatic N) is 5. The molecule has 0 bridgehead atoms. The summed E-state index contributed by atoms with van der Waals surface area (Å²) >= 11 is 0. The van der Waals surface area contributed by atoms with E-state index in [1.165, 1.54) is 18.0 Å². The first-order chi connectivity index (χ1) is 8.88. The van der Waals surface area contributed by atoms with E-state index in [1.807, 2.05) is 14.1 Å². The summed E-state index contributed by atoms with van der Waals surface area (Å²) in [7, 11) is 6.69. The molecule has 1 rings (SSSR count). The monoisotopic (exact) mass is 267 g/mol. The van der Waals surface area contributed by atoms with Crippen LogP contribution >= 0.6 is 0 Å². The third-order valence-corrected chi connectivity index (χ3v) is 2.34. The lowest BCUT2D eigenvalue weighted by molar-refractivity contribution is -0.385. The number of allylic oxidation sites excluding steroid dienone is 1. The molecule has 0 unspecified atom stereocenters. The smallest absolute Gasteiger partial charge is 0.317 e. The van der Waals surface area contributed by atoms with Crippen molar-refractivity contribution in [2.75, 3.05) is 21.2 Å². The molecule has 0 spiro atoms. The number of nitro groups is 1. The van der Waals surface area contributed by atoms with Gasteiger partial charge in [-0.15, -0.1) is 0 Å². The van der Waals surface area contributed by atoms with Crippen molar-refractivity contribution >= 4 is 17.5 Å². The summed E-state index contributed by atoms with van der Waals surface area (Å²) in [4.78, 5) is 17.1. The highest BCUT2D eigenvalue weighted by Gasteiger charge is 2.26. The van der Waals surface area contributed by atoms with Gasteiger partial charge in [-0.3, -0.25) is 14.8 Å². The van der Waals surface area contributed by atoms with Crippen molar-refractivity contribution < 1.29 is 9.76 Å². The first-order valence-electron chi connectivity index (χ1n) is 5.51. The number of hydrogen-bond donors (Lipinski definition) is 0. The second kappa shape index (κ2) is 5.98. The Labute approximate surface area is 111 Å². The Bertz CT molecular complexity index is 531. The third-order valence-electron chi connectivity index (χ3n) is 2.34. The van der Waals surface area contributed by atoms with Crippen molar-refractivity contribution in [2.24, 2.45) is 12.2 Å². The SMILES string of the molecule is CO/N=C\C(=C\N(C)C)c1c([N+](=O)[O-])c(C)nn1C. The molecule has 8 nitrogen and oxygen atoms in total. The molecule has 0 atom stereocenters. The van der Waals surface area contributed by atoms with E-state index in [-0.39, 0.29) is 5.69 Å². The minimum Gasteiger partial charge on any atom is -0.399 e. The Morgan fingerprint density at radius 3 is 2.68 bits per heavy atom. The van der Waals surface area contributed by atoms with Crippen LogP contribution in [0.1, 0.15) is 11.4 Å². The summed E-state index contributed by atoms with van der Waals surface area (Å²) in [6.07, 6.45) is 3.13. The molecular weight excluding hydrogens is 250 g/mol. The van der Waals surface area contributed by atoms with Crippen LogP contribution in [0, 0.1) is 17.0 Å².